The van der Waals surface area contributed by atoms with Crippen LogP contribution in [-0.2, 0) is 4.74 Å². The van der Waals surface area contributed by atoms with Gasteiger partial charge in [-0.3, -0.25) is 4.79 Å². The van der Waals surface area contributed by atoms with Crippen LogP contribution in [0.4, 0.5) is 5.69 Å². The van der Waals surface area contributed by atoms with Gasteiger partial charge in [0.25, 0.3) is 0 Å². The number of nitrogens with one attached hydrogen (secondary N) is 1. The minimum atomic E-state index is -0.604. The van der Waals surface area contributed by atoms with E-state index in [1.165, 1.54) is 0 Å². The lowest BCUT2D eigenvalue weighted by Crippen LogP contribution is -2.16. The number of aromatic nitrogens is 2. The normalized spacial score (nSPS) is 10.4. The average Bonchev–Trinajstić information content (AvgIpc) is 3.13. The molecule has 0 saturated carbocycles. The first-order chi connectivity index (χ1) is 12.6. The van der Waals surface area contributed by atoms with Gasteiger partial charge in [0.1, 0.15) is 0 Å². The fourth-order valence-electron chi connectivity index (χ4n) is 2.28. The van der Waals surface area contributed by atoms with Crippen molar-refractivity contribution in [2.75, 3.05) is 11.9 Å². The van der Waals surface area contributed by atoms with E-state index < -0.39 is 11.9 Å². The molecule has 0 spiro atoms. The van der Waals surface area contributed by atoms with E-state index in [0.29, 0.717) is 11.3 Å². The van der Waals surface area contributed by atoms with Crippen molar-refractivity contribution < 1.29 is 18.7 Å². The molecule has 1 heterocycles. The van der Waals surface area contributed by atoms with E-state index >= 15 is 0 Å². The molecule has 26 heavy (non-hydrogen) atoms. The number of hydrogen-bond acceptors (Lipinski definition) is 6. The van der Waals surface area contributed by atoms with Crippen molar-refractivity contribution >= 4 is 17.6 Å². The van der Waals surface area contributed by atoms with Crippen LogP contribution < -0.4 is 5.32 Å². The second-order valence-electron chi connectivity index (χ2n) is 5.50. The molecule has 0 aliphatic rings. The average molecular weight is 351 g/mol. The first-order valence-corrected chi connectivity index (χ1v) is 8.06. The highest BCUT2D eigenvalue weighted by Gasteiger charge is 2.19. The Kier molecular flexibility index (Phi) is 5.07. The number of esters is 1. The quantitative estimate of drug-likeness (QED) is 0.707. The lowest BCUT2D eigenvalue weighted by Gasteiger charge is -2.08. The van der Waals surface area contributed by atoms with Gasteiger partial charge in [-0.15, -0.1) is 10.2 Å². The minimum absolute atomic E-state index is 0.195. The maximum Gasteiger partial charge on any atom is 0.340 e. The van der Waals surface area contributed by atoms with Crippen LogP contribution in [0.1, 0.15) is 33.5 Å². The molecule has 3 rings (SSSR count). The molecule has 132 valence electrons. The van der Waals surface area contributed by atoms with Gasteiger partial charge in [-0.05, 0) is 38.1 Å². The Morgan fingerprint density at radius 1 is 1.08 bits per heavy atom. The standard InChI is InChI=1S/C19H17N3O4/c1-3-25-19(24)14-6-4-5-7-15(14)20-16(23)18-22-21-17(26-18)13-10-8-12(2)9-11-13/h4-11H,3H2,1-2H3,(H,20,23). The summed E-state index contributed by atoms with van der Waals surface area (Å²) in [5, 5.41) is 10.3. The van der Waals surface area contributed by atoms with Gasteiger partial charge >= 0.3 is 17.8 Å². The van der Waals surface area contributed by atoms with E-state index in [1.807, 2.05) is 31.2 Å². The first kappa shape index (κ1) is 17.3. The zero-order valence-corrected chi connectivity index (χ0v) is 14.4. The molecule has 0 atom stereocenters. The second-order valence-corrected chi connectivity index (χ2v) is 5.50. The maximum atomic E-state index is 12.4. The third-order valence-electron chi connectivity index (χ3n) is 3.59. The number of rotatable bonds is 5. The van der Waals surface area contributed by atoms with Crippen LogP contribution in [0.25, 0.3) is 11.5 Å². The monoisotopic (exact) mass is 351 g/mol. The summed E-state index contributed by atoms with van der Waals surface area (Å²) in [6.07, 6.45) is 0. The Morgan fingerprint density at radius 2 is 1.81 bits per heavy atom. The predicted molar refractivity (Wildman–Crippen MR) is 94.8 cm³/mol. The molecule has 1 N–H and O–H groups in total. The van der Waals surface area contributed by atoms with Gasteiger partial charge < -0.3 is 14.5 Å². The summed E-state index contributed by atoms with van der Waals surface area (Å²) in [6.45, 7) is 3.92. The highest BCUT2D eigenvalue weighted by molar-refractivity contribution is 6.05. The van der Waals surface area contributed by atoms with Gasteiger partial charge in [0.05, 0.1) is 17.9 Å². The Hall–Kier alpha value is -3.48. The Bertz CT molecular complexity index is 932. The number of carbonyl (C=O) groups is 2. The molecule has 0 saturated heterocycles. The van der Waals surface area contributed by atoms with Crippen molar-refractivity contribution in [3.05, 3.63) is 65.5 Å². The van der Waals surface area contributed by atoms with E-state index in [-0.39, 0.29) is 24.0 Å². The van der Waals surface area contributed by atoms with E-state index in [9.17, 15) is 9.59 Å². The van der Waals surface area contributed by atoms with Crippen LogP contribution in [0.15, 0.2) is 52.9 Å². The summed E-state index contributed by atoms with van der Waals surface area (Å²) < 4.78 is 10.4. The van der Waals surface area contributed by atoms with E-state index in [4.69, 9.17) is 9.15 Å². The molecule has 0 unspecified atom stereocenters. The summed E-state index contributed by atoms with van der Waals surface area (Å²) in [6, 6.07) is 14.0. The smallest absolute Gasteiger partial charge is 0.340 e. The zero-order valence-electron chi connectivity index (χ0n) is 14.4. The number of amides is 1. The van der Waals surface area contributed by atoms with Crippen molar-refractivity contribution in [2.24, 2.45) is 0 Å². The maximum absolute atomic E-state index is 12.4. The van der Waals surface area contributed by atoms with Gasteiger partial charge in [-0.1, -0.05) is 29.8 Å². The predicted octanol–water partition coefficient (Wildman–Crippen LogP) is 3.47. The number of benzene rings is 2. The van der Waals surface area contributed by atoms with Crippen molar-refractivity contribution in [3.63, 3.8) is 0 Å². The molecule has 3 aromatic rings. The van der Waals surface area contributed by atoms with Crippen LogP contribution in [-0.4, -0.2) is 28.7 Å². The highest BCUT2D eigenvalue weighted by atomic mass is 16.5. The lowest BCUT2D eigenvalue weighted by atomic mass is 10.1. The van der Waals surface area contributed by atoms with Crippen LogP contribution in [0.2, 0.25) is 0 Å². The van der Waals surface area contributed by atoms with Gasteiger partial charge in [-0.2, -0.15) is 0 Å². The van der Waals surface area contributed by atoms with Crippen LogP contribution in [0, 0.1) is 6.92 Å². The van der Waals surface area contributed by atoms with E-state index in [1.54, 1.807) is 31.2 Å². The number of nitrogens with zero attached hydrogens (tertiary/aromatic N) is 2. The molecule has 0 aliphatic heterocycles. The third kappa shape index (κ3) is 3.77. The molecule has 0 aliphatic carbocycles. The summed E-state index contributed by atoms with van der Waals surface area (Å²) in [7, 11) is 0. The van der Waals surface area contributed by atoms with Crippen LogP contribution in [0.5, 0.6) is 0 Å². The molecule has 0 bridgehead atoms. The fourth-order valence-corrected chi connectivity index (χ4v) is 2.28. The minimum Gasteiger partial charge on any atom is -0.462 e. The summed E-state index contributed by atoms with van der Waals surface area (Å²) in [4.78, 5) is 24.4. The largest absolute Gasteiger partial charge is 0.462 e. The number of para-hydroxylation sites is 1. The fraction of sp³-hybridized carbons (Fsp3) is 0.158. The molecule has 7 nitrogen and oxygen atoms in total. The summed E-state index contributed by atoms with van der Waals surface area (Å²) in [5.41, 5.74) is 2.38. The van der Waals surface area contributed by atoms with E-state index in [2.05, 4.69) is 15.5 Å². The molecule has 7 heteroatoms. The highest BCUT2D eigenvalue weighted by Crippen LogP contribution is 2.20. The first-order valence-electron chi connectivity index (χ1n) is 8.06. The van der Waals surface area contributed by atoms with Gasteiger partial charge in [0.15, 0.2) is 0 Å². The van der Waals surface area contributed by atoms with Crippen molar-refractivity contribution in [1.29, 1.82) is 0 Å². The SMILES string of the molecule is CCOC(=O)c1ccccc1NC(=O)c1nnc(-c2ccc(C)cc2)o1. The van der Waals surface area contributed by atoms with Gasteiger partial charge in [-0.25, -0.2) is 4.79 Å². The third-order valence-corrected chi connectivity index (χ3v) is 3.59. The molecule has 0 fully saturated rings. The number of carbonyl (C=O) groups excluding carboxylic acids is 2. The molecule has 2 aromatic carbocycles. The van der Waals surface area contributed by atoms with Crippen molar-refractivity contribution in [3.8, 4) is 11.5 Å². The molecular formula is C19H17N3O4. The number of aryl methyl sites for hydroxylation is 1. The Labute approximate surface area is 150 Å². The summed E-state index contributed by atoms with van der Waals surface area (Å²) >= 11 is 0. The van der Waals surface area contributed by atoms with Crippen molar-refractivity contribution in [2.45, 2.75) is 13.8 Å². The molecule has 1 amide bonds. The Balaban J connectivity index is 1.79. The molecule has 0 radical (unpaired) electrons. The lowest BCUT2D eigenvalue weighted by molar-refractivity contribution is 0.0527. The second kappa shape index (κ2) is 7.60. The van der Waals surface area contributed by atoms with Gasteiger partial charge in [0.2, 0.25) is 5.89 Å². The van der Waals surface area contributed by atoms with Crippen molar-refractivity contribution in [1.82, 2.24) is 10.2 Å². The summed E-state index contributed by atoms with van der Waals surface area (Å²) in [5.74, 6) is -1.07. The number of hydrogen-bond donors (Lipinski definition) is 1. The Morgan fingerprint density at radius 3 is 2.54 bits per heavy atom. The van der Waals surface area contributed by atoms with Crippen LogP contribution >= 0.6 is 0 Å². The van der Waals surface area contributed by atoms with Crippen LogP contribution in [0.3, 0.4) is 0 Å². The zero-order chi connectivity index (χ0) is 18.5. The topological polar surface area (TPSA) is 94.3 Å². The number of ether oxygens (including phenoxy) is 1. The van der Waals surface area contributed by atoms with E-state index in [0.717, 1.165) is 5.56 Å². The molecule has 1 aromatic heterocycles. The molecular weight excluding hydrogens is 334 g/mol. The van der Waals surface area contributed by atoms with Gasteiger partial charge in [0, 0.05) is 5.56 Å². The number of anilines is 1.